The van der Waals surface area contributed by atoms with E-state index in [0.29, 0.717) is 0 Å². The van der Waals surface area contributed by atoms with Crippen LogP contribution in [0.1, 0.15) is 20.8 Å². The third kappa shape index (κ3) is 5.48. The van der Waals surface area contributed by atoms with Crippen molar-refractivity contribution < 1.29 is 30.5 Å². The van der Waals surface area contributed by atoms with Crippen LogP contribution < -0.4 is 4.74 Å². The van der Waals surface area contributed by atoms with E-state index in [1.54, 1.807) is 20.8 Å². The molecule has 0 bridgehead atoms. The van der Waals surface area contributed by atoms with Crippen molar-refractivity contribution >= 4 is 10.1 Å². The largest absolute Gasteiger partial charge is 0.573 e. The van der Waals surface area contributed by atoms with Gasteiger partial charge in [-0.15, -0.1) is 13.2 Å². The molecule has 19 heavy (non-hydrogen) atoms. The molecule has 0 aliphatic carbocycles. The lowest BCUT2D eigenvalue weighted by molar-refractivity contribution is -0.274. The van der Waals surface area contributed by atoms with Crippen molar-refractivity contribution in [2.24, 2.45) is 0 Å². The summed E-state index contributed by atoms with van der Waals surface area (Å²) in [4.78, 5) is -0.239. The second kappa shape index (κ2) is 5.01. The molecule has 0 amide bonds. The maximum absolute atomic E-state index is 11.9. The van der Waals surface area contributed by atoms with Crippen LogP contribution in [0, 0.1) is 0 Å². The number of halogens is 3. The fourth-order valence-electron chi connectivity index (χ4n) is 1.19. The van der Waals surface area contributed by atoms with Crippen molar-refractivity contribution in [3.8, 4) is 5.75 Å². The van der Waals surface area contributed by atoms with Crippen LogP contribution in [0.25, 0.3) is 0 Å². The summed E-state index contributed by atoms with van der Waals surface area (Å²) < 4.78 is 67.8. The normalized spacial score (nSPS) is 13.4. The van der Waals surface area contributed by atoms with E-state index in [1.165, 1.54) is 0 Å². The first-order chi connectivity index (χ1) is 8.39. The maximum Gasteiger partial charge on any atom is 0.573 e. The Morgan fingerprint density at radius 3 is 1.84 bits per heavy atom. The van der Waals surface area contributed by atoms with Gasteiger partial charge in [0.15, 0.2) is 0 Å². The van der Waals surface area contributed by atoms with Crippen LogP contribution >= 0.6 is 0 Å². The summed E-state index contributed by atoms with van der Waals surface area (Å²) in [5.41, 5.74) is -0.931. The Hall–Kier alpha value is -1.28. The molecular formula is C11H13F3O4S. The smallest absolute Gasteiger partial charge is 0.406 e. The topological polar surface area (TPSA) is 52.6 Å². The van der Waals surface area contributed by atoms with Crippen LogP contribution in [0.15, 0.2) is 29.2 Å². The van der Waals surface area contributed by atoms with Crippen LogP contribution in [0.4, 0.5) is 13.2 Å². The van der Waals surface area contributed by atoms with E-state index in [-0.39, 0.29) is 4.90 Å². The SMILES string of the molecule is CC(C)(C)OS(=O)(=O)c1ccc(OC(F)(F)F)cc1. The molecule has 0 fully saturated rings. The van der Waals surface area contributed by atoms with Gasteiger partial charge in [-0.2, -0.15) is 8.42 Å². The molecule has 0 spiro atoms. The van der Waals surface area contributed by atoms with Gasteiger partial charge in [-0.05, 0) is 45.0 Å². The Balaban J connectivity index is 2.93. The number of rotatable bonds is 3. The average molecular weight is 298 g/mol. The minimum absolute atomic E-state index is 0.239. The zero-order chi connectivity index (χ0) is 14.9. The van der Waals surface area contributed by atoms with Gasteiger partial charge in [-0.1, -0.05) is 0 Å². The fraction of sp³-hybridized carbons (Fsp3) is 0.455. The van der Waals surface area contributed by atoms with Crippen molar-refractivity contribution in [3.63, 3.8) is 0 Å². The molecule has 0 N–H and O–H groups in total. The van der Waals surface area contributed by atoms with Gasteiger partial charge < -0.3 is 4.74 Å². The van der Waals surface area contributed by atoms with Crippen LogP contribution in [0.2, 0.25) is 0 Å². The second-order valence-corrected chi connectivity index (χ2v) is 6.22. The zero-order valence-corrected chi connectivity index (χ0v) is 11.3. The highest BCUT2D eigenvalue weighted by atomic mass is 32.2. The summed E-state index contributed by atoms with van der Waals surface area (Å²) in [5.74, 6) is -0.498. The van der Waals surface area contributed by atoms with Crippen LogP contribution in [0.3, 0.4) is 0 Å². The standard InChI is InChI=1S/C11H13F3O4S/c1-10(2,3)18-19(15,16)9-6-4-8(5-7-9)17-11(12,13)14/h4-7H,1-3H3. The summed E-state index contributed by atoms with van der Waals surface area (Å²) >= 11 is 0. The van der Waals surface area contributed by atoms with E-state index in [2.05, 4.69) is 4.74 Å². The molecule has 1 aromatic carbocycles. The van der Waals surface area contributed by atoms with E-state index in [0.717, 1.165) is 24.3 Å². The third-order valence-corrected chi connectivity index (χ3v) is 3.27. The second-order valence-electron chi connectivity index (χ2n) is 4.67. The van der Waals surface area contributed by atoms with Crippen LogP contribution in [0.5, 0.6) is 5.75 Å². The zero-order valence-electron chi connectivity index (χ0n) is 10.5. The minimum atomic E-state index is -4.82. The molecule has 108 valence electrons. The molecule has 8 heteroatoms. The first-order valence-corrected chi connectivity index (χ1v) is 6.61. The molecule has 0 saturated heterocycles. The molecule has 0 unspecified atom stereocenters. The summed E-state index contributed by atoms with van der Waals surface area (Å²) in [6.07, 6.45) is -4.82. The highest BCUT2D eigenvalue weighted by Crippen LogP contribution is 2.25. The van der Waals surface area contributed by atoms with Gasteiger partial charge >= 0.3 is 6.36 Å². The maximum atomic E-state index is 11.9. The Kier molecular flexibility index (Phi) is 4.16. The number of alkyl halides is 3. The molecule has 0 heterocycles. The molecule has 1 aromatic rings. The highest BCUT2D eigenvalue weighted by Gasteiger charge is 2.31. The monoisotopic (exact) mass is 298 g/mol. The fourth-order valence-corrected chi connectivity index (χ4v) is 2.41. The molecule has 0 aliphatic rings. The van der Waals surface area contributed by atoms with E-state index in [9.17, 15) is 21.6 Å². The van der Waals surface area contributed by atoms with Gasteiger partial charge in [0, 0.05) is 0 Å². The van der Waals surface area contributed by atoms with E-state index in [1.807, 2.05) is 0 Å². The highest BCUT2D eigenvalue weighted by molar-refractivity contribution is 7.86. The van der Waals surface area contributed by atoms with Crippen LogP contribution in [-0.4, -0.2) is 20.4 Å². The van der Waals surface area contributed by atoms with Crippen molar-refractivity contribution in [1.82, 2.24) is 0 Å². The summed E-state index contributed by atoms with van der Waals surface area (Å²) in [6.45, 7) is 4.64. The van der Waals surface area contributed by atoms with Crippen LogP contribution in [-0.2, 0) is 14.3 Å². The molecule has 0 aliphatic heterocycles. The van der Waals surface area contributed by atoms with E-state index >= 15 is 0 Å². The summed E-state index contributed by atoms with van der Waals surface area (Å²) in [5, 5.41) is 0. The number of hydrogen-bond donors (Lipinski definition) is 0. The molecule has 1 rings (SSSR count). The third-order valence-electron chi connectivity index (χ3n) is 1.71. The molecule has 0 saturated carbocycles. The summed E-state index contributed by atoms with van der Waals surface area (Å²) in [7, 11) is -4.02. The quantitative estimate of drug-likeness (QED) is 0.805. The molecular weight excluding hydrogens is 285 g/mol. The Bertz CT molecular complexity index is 527. The van der Waals surface area contributed by atoms with Crippen molar-refractivity contribution in [2.75, 3.05) is 0 Å². The van der Waals surface area contributed by atoms with Gasteiger partial charge in [-0.3, -0.25) is 4.18 Å². The first kappa shape index (κ1) is 15.8. The lowest BCUT2D eigenvalue weighted by Crippen LogP contribution is -2.24. The van der Waals surface area contributed by atoms with Crippen molar-refractivity contribution in [3.05, 3.63) is 24.3 Å². The van der Waals surface area contributed by atoms with Crippen molar-refractivity contribution in [1.29, 1.82) is 0 Å². The van der Waals surface area contributed by atoms with E-state index < -0.39 is 27.8 Å². The van der Waals surface area contributed by atoms with Gasteiger partial charge in [-0.25, -0.2) is 0 Å². The molecule has 0 radical (unpaired) electrons. The predicted octanol–water partition coefficient (Wildman–Crippen LogP) is 3.09. The molecule has 4 nitrogen and oxygen atoms in total. The summed E-state index contributed by atoms with van der Waals surface area (Å²) in [6, 6.07) is 3.79. The lowest BCUT2D eigenvalue weighted by atomic mass is 10.2. The van der Waals surface area contributed by atoms with Crippen molar-refractivity contribution in [2.45, 2.75) is 37.6 Å². The van der Waals surface area contributed by atoms with Gasteiger partial charge in [0.05, 0.1) is 10.5 Å². The predicted molar refractivity (Wildman–Crippen MR) is 61.1 cm³/mol. The molecule has 0 aromatic heterocycles. The Labute approximate surface area is 109 Å². The van der Waals surface area contributed by atoms with Gasteiger partial charge in [0.2, 0.25) is 0 Å². The Morgan fingerprint density at radius 1 is 1.00 bits per heavy atom. The first-order valence-electron chi connectivity index (χ1n) is 5.20. The number of hydrogen-bond acceptors (Lipinski definition) is 4. The van der Waals surface area contributed by atoms with Gasteiger partial charge in [0.1, 0.15) is 5.75 Å². The molecule has 0 atom stereocenters. The lowest BCUT2D eigenvalue weighted by Gasteiger charge is -2.18. The average Bonchev–Trinajstić information content (AvgIpc) is 2.11. The van der Waals surface area contributed by atoms with E-state index in [4.69, 9.17) is 4.18 Å². The Morgan fingerprint density at radius 2 is 1.47 bits per heavy atom. The van der Waals surface area contributed by atoms with Gasteiger partial charge in [0.25, 0.3) is 10.1 Å². The number of benzene rings is 1. The minimum Gasteiger partial charge on any atom is -0.406 e. The number of ether oxygens (including phenoxy) is 1.